The SMILES string of the molecule is C[NH+]=C(C1=C(N)[C@H](C)N(C(=O)c2ccc(CCC3CNC(=O)C3)cc2Cl)CC1)c1cc(F)cc(F)c1. The Morgan fingerprint density at radius 3 is 2.56 bits per heavy atom. The molecule has 2 heterocycles. The summed E-state index contributed by atoms with van der Waals surface area (Å²) in [6, 6.07) is 8.32. The fraction of sp³-hybridized carbons (Fsp3) is 0.370. The van der Waals surface area contributed by atoms with Gasteiger partial charge < -0.3 is 16.0 Å². The number of rotatable bonds is 6. The number of amides is 2. The van der Waals surface area contributed by atoms with Crippen LogP contribution >= 0.6 is 11.6 Å². The van der Waals surface area contributed by atoms with E-state index >= 15 is 0 Å². The molecule has 0 bridgehead atoms. The van der Waals surface area contributed by atoms with E-state index in [1.165, 1.54) is 12.1 Å². The maximum atomic E-state index is 13.8. The zero-order valence-electron chi connectivity index (χ0n) is 20.3. The molecule has 2 aromatic rings. The third-order valence-corrected chi connectivity index (χ3v) is 7.31. The molecule has 6 nitrogen and oxygen atoms in total. The van der Waals surface area contributed by atoms with Crippen molar-refractivity contribution in [2.75, 3.05) is 20.1 Å². The van der Waals surface area contributed by atoms with Crippen LogP contribution in [0, 0.1) is 17.6 Å². The quantitative estimate of drug-likeness (QED) is 0.516. The minimum atomic E-state index is -0.677. The van der Waals surface area contributed by atoms with Gasteiger partial charge >= 0.3 is 0 Å². The molecule has 9 heteroatoms. The Bertz CT molecular complexity index is 1240. The molecule has 1 unspecified atom stereocenters. The number of aryl methyl sites for hydroxylation is 1. The minimum Gasteiger partial charge on any atom is -0.400 e. The fourth-order valence-corrected chi connectivity index (χ4v) is 5.27. The van der Waals surface area contributed by atoms with Crippen LogP contribution in [0.15, 0.2) is 47.7 Å². The van der Waals surface area contributed by atoms with Gasteiger partial charge in [0.2, 0.25) is 11.6 Å². The van der Waals surface area contributed by atoms with Crippen LogP contribution in [0.1, 0.15) is 47.7 Å². The number of benzene rings is 2. The van der Waals surface area contributed by atoms with Gasteiger partial charge in [-0.1, -0.05) is 17.7 Å². The molecule has 190 valence electrons. The Morgan fingerprint density at radius 2 is 1.94 bits per heavy atom. The minimum absolute atomic E-state index is 0.0913. The molecule has 0 radical (unpaired) electrons. The van der Waals surface area contributed by atoms with E-state index in [0.29, 0.717) is 59.4 Å². The molecule has 2 amide bonds. The lowest BCUT2D eigenvalue weighted by Gasteiger charge is -2.35. The normalized spacial score (nSPS) is 20.6. The van der Waals surface area contributed by atoms with E-state index in [-0.39, 0.29) is 11.8 Å². The van der Waals surface area contributed by atoms with Crippen molar-refractivity contribution < 1.29 is 23.4 Å². The first-order valence-electron chi connectivity index (χ1n) is 12.0. The first kappa shape index (κ1) is 25.8. The van der Waals surface area contributed by atoms with E-state index < -0.39 is 17.7 Å². The Kier molecular flexibility index (Phi) is 7.73. The number of halogens is 3. The predicted octanol–water partition coefficient (Wildman–Crippen LogP) is 2.33. The van der Waals surface area contributed by atoms with Crippen molar-refractivity contribution in [3.8, 4) is 0 Å². The summed E-state index contributed by atoms with van der Waals surface area (Å²) in [7, 11) is 1.67. The molecule has 2 aromatic carbocycles. The van der Waals surface area contributed by atoms with E-state index in [2.05, 4.69) is 10.3 Å². The number of carbonyl (C=O) groups excluding carboxylic acids is 2. The second-order valence-electron chi connectivity index (χ2n) is 9.37. The summed E-state index contributed by atoms with van der Waals surface area (Å²) in [5.41, 5.74) is 9.94. The van der Waals surface area contributed by atoms with Crippen LogP contribution in [0.2, 0.25) is 5.02 Å². The Labute approximate surface area is 214 Å². The van der Waals surface area contributed by atoms with Crippen molar-refractivity contribution in [3.63, 3.8) is 0 Å². The zero-order chi connectivity index (χ0) is 26.0. The Morgan fingerprint density at radius 1 is 1.22 bits per heavy atom. The molecule has 1 fully saturated rings. The van der Waals surface area contributed by atoms with Gasteiger partial charge in [0.05, 0.1) is 22.2 Å². The second kappa shape index (κ2) is 10.8. The maximum Gasteiger partial charge on any atom is 0.255 e. The van der Waals surface area contributed by atoms with E-state index in [0.717, 1.165) is 30.0 Å². The van der Waals surface area contributed by atoms with Crippen LogP contribution in [0.3, 0.4) is 0 Å². The molecule has 0 saturated carbocycles. The average molecular weight is 516 g/mol. The van der Waals surface area contributed by atoms with Gasteiger partial charge in [-0.3, -0.25) is 9.59 Å². The van der Waals surface area contributed by atoms with E-state index in [9.17, 15) is 18.4 Å². The van der Waals surface area contributed by atoms with E-state index in [1.807, 2.05) is 19.1 Å². The highest BCUT2D eigenvalue weighted by atomic mass is 35.5. The smallest absolute Gasteiger partial charge is 0.255 e. The van der Waals surface area contributed by atoms with Gasteiger partial charge in [0.25, 0.3) is 5.91 Å². The van der Waals surface area contributed by atoms with Crippen LogP contribution in [-0.2, 0) is 11.2 Å². The number of hydrogen-bond acceptors (Lipinski definition) is 3. The molecule has 2 aliphatic rings. The van der Waals surface area contributed by atoms with Crippen molar-refractivity contribution in [2.45, 2.75) is 38.6 Å². The number of nitrogens with one attached hydrogen (secondary N) is 2. The molecule has 36 heavy (non-hydrogen) atoms. The van der Waals surface area contributed by atoms with Crippen molar-refractivity contribution in [1.82, 2.24) is 10.2 Å². The average Bonchev–Trinajstić information content (AvgIpc) is 3.25. The third kappa shape index (κ3) is 5.43. The summed E-state index contributed by atoms with van der Waals surface area (Å²) in [4.78, 5) is 29.5. The summed E-state index contributed by atoms with van der Waals surface area (Å²) >= 11 is 6.52. The molecule has 1 saturated heterocycles. The first-order chi connectivity index (χ1) is 17.2. The lowest BCUT2D eigenvalue weighted by Crippen LogP contribution is -2.69. The zero-order valence-corrected chi connectivity index (χ0v) is 21.1. The van der Waals surface area contributed by atoms with Crippen LogP contribution < -0.4 is 16.0 Å². The molecular weight excluding hydrogens is 486 g/mol. The van der Waals surface area contributed by atoms with Crippen LogP contribution in [-0.4, -0.2) is 48.6 Å². The molecule has 4 rings (SSSR count). The van der Waals surface area contributed by atoms with Gasteiger partial charge in [-0.25, -0.2) is 13.8 Å². The number of hydrogen-bond donors (Lipinski definition) is 3. The molecule has 0 spiro atoms. The molecule has 4 N–H and O–H groups in total. The first-order valence-corrected chi connectivity index (χ1v) is 12.4. The molecule has 0 aromatic heterocycles. The number of nitrogens with zero attached hydrogens (tertiary/aromatic N) is 1. The molecule has 0 aliphatic carbocycles. The third-order valence-electron chi connectivity index (χ3n) is 7.00. The largest absolute Gasteiger partial charge is 0.400 e. The standard InChI is InChI=1S/C27H29ClF2N4O2/c1-15-25(31)22(26(32-2)18-11-19(29)13-20(30)12-18)7-8-34(15)27(36)21-6-5-16(9-23(21)28)3-4-17-10-24(35)33-14-17/h5-6,9,11-13,15,17H,3-4,7-8,10,14,31H2,1-2H3,(H,33,35)/p+1/t15-,17?/m0/s1. The van der Waals surface area contributed by atoms with Crippen molar-refractivity contribution in [2.24, 2.45) is 11.7 Å². The van der Waals surface area contributed by atoms with Gasteiger partial charge in [0, 0.05) is 36.8 Å². The number of nitrogens with two attached hydrogens (primary N) is 1. The lowest BCUT2D eigenvalue weighted by molar-refractivity contribution is -0.418. The maximum absolute atomic E-state index is 13.8. The Hall–Kier alpha value is -3.26. The van der Waals surface area contributed by atoms with Gasteiger partial charge in [-0.2, -0.15) is 0 Å². The second-order valence-corrected chi connectivity index (χ2v) is 9.78. The predicted molar refractivity (Wildman–Crippen MR) is 135 cm³/mol. The fourth-order valence-electron chi connectivity index (χ4n) is 4.99. The summed E-state index contributed by atoms with van der Waals surface area (Å²) in [6.45, 7) is 2.90. The van der Waals surface area contributed by atoms with E-state index in [1.54, 1.807) is 18.0 Å². The summed E-state index contributed by atoms with van der Waals surface area (Å²) in [6.07, 6.45) is 2.61. The van der Waals surface area contributed by atoms with Gasteiger partial charge in [-0.15, -0.1) is 0 Å². The van der Waals surface area contributed by atoms with Gasteiger partial charge in [-0.05, 0) is 61.9 Å². The highest BCUT2D eigenvalue weighted by Gasteiger charge is 2.33. The van der Waals surface area contributed by atoms with Crippen molar-refractivity contribution in [1.29, 1.82) is 0 Å². The molecule has 2 aliphatic heterocycles. The molecule has 2 atom stereocenters. The molecular formula is C27H30ClF2N4O2+. The van der Waals surface area contributed by atoms with Crippen LogP contribution in [0.5, 0.6) is 0 Å². The van der Waals surface area contributed by atoms with Gasteiger partial charge in [0.1, 0.15) is 18.7 Å². The van der Waals surface area contributed by atoms with Crippen molar-refractivity contribution >= 4 is 29.1 Å². The van der Waals surface area contributed by atoms with E-state index in [4.69, 9.17) is 17.3 Å². The summed E-state index contributed by atoms with van der Waals surface area (Å²) in [5.74, 6) is -1.17. The summed E-state index contributed by atoms with van der Waals surface area (Å²) in [5, 5.41) is 3.22. The Balaban J connectivity index is 1.50. The van der Waals surface area contributed by atoms with Crippen LogP contribution in [0.4, 0.5) is 8.78 Å². The lowest BCUT2D eigenvalue weighted by atomic mass is 9.91. The van der Waals surface area contributed by atoms with Crippen LogP contribution in [0.25, 0.3) is 0 Å². The summed E-state index contributed by atoms with van der Waals surface area (Å²) < 4.78 is 27.6. The van der Waals surface area contributed by atoms with Crippen molar-refractivity contribution in [3.05, 3.63) is 81.0 Å². The highest BCUT2D eigenvalue weighted by molar-refractivity contribution is 6.34. The topological polar surface area (TPSA) is 89.4 Å². The monoisotopic (exact) mass is 515 g/mol. The number of carbonyl (C=O) groups is 2. The highest BCUT2D eigenvalue weighted by Crippen LogP contribution is 2.28. The van der Waals surface area contributed by atoms with Gasteiger partial charge in [0.15, 0.2) is 0 Å².